The molecule has 0 radical (unpaired) electrons. The third-order valence-electron chi connectivity index (χ3n) is 5.35. The fraction of sp³-hybridized carbons (Fsp3) is 0.222. The SMILES string of the molecule is CCCOc1ccc(/C=N\NC(=O)[C@H](CSCc2ccccc2)NC(=O)c2cc([N+](=O)[O-])cc([N+](=O)[O-])c2)cc1. The number of ether oxygens (including phenoxy) is 1. The van der Waals surface area contributed by atoms with Crippen molar-refractivity contribution in [3.05, 3.63) is 110 Å². The number of rotatable bonds is 14. The van der Waals surface area contributed by atoms with Crippen LogP contribution in [0.1, 0.15) is 34.8 Å². The lowest BCUT2D eigenvalue weighted by atomic mass is 10.1. The Morgan fingerprint density at radius 2 is 1.65 bits per heavy atom. The first-order chi connectivity index (χ1) is 19.3. The van der Waals surface area contributed by atoms with E-state index in [0.29, 0.717) is 23.7 Å². The Kier molecular flexibility index (Phi) is 11.1. The van der Waals surface area contributed by atoms with Crippen LogP contribution in [0.15, 0.2) is 77.9 Å². The normalized spacial score (nSPS) is 11.5. The molecular formula is C27H27N5O7S. The summed E-state index contributed by atoms with van der Waals surface area (Å²) in [4.78, 5) is 46.7. The average Bonchev–Trinajstić information content (AvgIpc) is 2.96. The molecular weight excluding hydrogens is 538 g/mol. The van der Waals surface area contributed by atoms with Gasteiger partial charge in [-0.2, -0.15) is 16.9 Å². The zero-order valence-corrected chi connectivity index (χ0v) is 22.3. The highest BCUT2D eigenvalue weighted by molar-refractivity contribution is 7.98. The number of non-ortho nitro benzene ring substituents is 2. The monoisotopic (exact) mass is 565 g/mol. The molecule has 0 fully saturated rings. The zero-order valence-electron chi connectivity index (χ0n) is 21.5. The summed E-state index contributed by atoms with van der Waals surface area (Å²) >= 11 is 1.38. The topological polar surface area (TPSA) is 166 Å². The van der Waals surface area contributed by atoms with Gasteiger partial charge in [-0.15, -0.1) is 0 Å². The van der Waals surface area contributed by atoms with Crippen LogP contribution in [0.4, 0.5) is 11.4 Å². The molecule has 0 aliphatic rings. The molecule has 0 saturated carbocycles. The number of nitro groups is 2. The molecule has 0 saturated heterocycles. The molecule has 40 heavy (non-hydrogen) atoms. The number of nitro benzene ring substituents is 2. The van der Waals surface area contributed by atoms with Crippen LogP contribution in [0, 0.1) is 20.2 Å². The molecule has 0 aromatic heterocycles. The van der Waals surface area contributed by atoms with Crippen molar-refractivity contribution < 1.29 is 24.2 Å². The van der Waals surface area contributed by atoms with E-state index in [1.165, 1.54) is 18.0 Å². The first-order valence-electron chi connectivity index (χ1n) is 12.2. The van der Waals surface area contributed by atoms with Crippen molar-refractivity contribution in [2.75, 3.05) is 12.4 Å². The zero-order chi connectivity index (χ0) is 28.9. The molecule has 0 bridgehead atoms. The smallest absolute Gasteiger partial charge is 0.277 e. The number of nitrogens with one attached hydrogen (secondary N) is 2. The van der Waals surface area contributed by atoms with E-state index >= 15 is 0 Å². The standard InChI is InChI=1S/C27H27N5O7S/c1-2-12-39-24-10-8-19(9-11-24)16-28-30-27(34)25(18-40-17-20-6-4-3-5-7-20)29-26(33)21-13-22(31(35)36)15-23(14-21)32(37)38/h3-11,13-16,25H,2,12,17-18H2,1H3,(H,29,33)(H,30,34)/b28-16-/t25-/m0/s1. The third kappa shape index (κ3) is 9.20. The molecule has 0 aliphatic carbocycles. The summed E-state index contributed by atoms with van der Waals surface area (Å²) in [5.41, 5.74) is 2.56. The maximum Gasteiger partial charge on any atom is 0.277 e. The van der Waals surface area contributed by atoms with Crippen molar-refractivity contribution in [2.24, 2.45) is 5.10 Å². The molecule has 12 nitrogen and oxygen atoms in total. The molecule has 0 aliphatic heterocycles. The van der Waals surface area contributed by atoms with Gasteiger partial charge in [0.15, 0.2) is 0 Å². The molecule has 2 amide bonds. The van der Waals surface area contributed by atoms with Gasteiger partial charge in [-0.1, -0.05) is 37.3 Å². The van der Waals surface area contributed by atoms with Gasteiger partial charge in [0.05, 0.1) is 34.3 Å². The second-order valence-electron chi connectivity index (χ2n) is 8.43. The van der Waals surface area contributed by atoms with Crippen LogP contribution in [0.25, 0.3) is 0 Å². The number of benzene rings is 3. The second-order valence-corrected chi connectivity index (χ2v) is 9.46. The van der Waals surface area contributed by atoms with Gasteiger partial charge in [-0.05, 0) is 41.8 Å². The van der Waals surface area contributed by atoms with E-state index in [1.807, 2.05) is 37.3 Å². The Morgan fingerprint density at radius 1 is 1.00 bits per heavy atom. The number of hydrazone groups is 1. The van der Waals surface area contributed by atoms with E-state index in [4.69, 9.17) is 4.74 Å². The molecule has 0 spiro atoms. The molecule has 3 aromatic rings. The van der Waals surface area contributed by atoms with Gasteiger partial charge in [0.2, 0.25) is 0 Å². The Bertz CT molecular complexity index is 1340. The summed E-state index contributed by atoms with van der Waals surface area (Å²) in [5.74, 6) is -0.101. The number of carbonyl (C=O) groups excluding carboxylic acids is 2. The summed E-state index contributed by atoms with van der Waals surface area (Å²) in [6.07, 6.45) is 2.32. The molecule has 13 heteroatoms. The van der Waals surface area contributed by atoms with Crippen molar-refractivity contribution in [3.63, 3.8) is 0 Å². The van der Waals surface area contributed by atoms with Crippen LogP contribution in [0.2, 0.25) is 0 Å². The highest BCUT2D eigenvalue weighted by Gasteiger charge is 2.25. The van der Waals surface area contributed by atoms with E-state index < -0.39 is 39.1 Å². The predicted octanol–water partition coefficient (Wildman–Crippen LogP) is 4.47. The van der Waals surface area contributed by atoms with Gasteiger partial charge < -0.3 is 10.1 Å². The predicted molar refractivity (Wildman–Crippen MR) is 152 cm³/mol. The van der Waals surface area contributed by atoms with Gasteiger partial charge in [0.1, 0.15) is 11.8 Å². The van der Waals surface area contributed by atoms with Gasteiger partial charge in [-0.25, -0.2) is 5.43 Å². The van der Waals surface area contributed by atoms with Crippen LogP contribution >= 0.6 is 11.8 Å². The fourth-order valence-corrected chi connectivity index (χ4v) is 4.37. The number of hydrogen-bond donors (Lipinski definition) is 2. The van der Waals surface area contributed by atoms with E-state index in [2.05, 4.69) is 15.8 Å². The minimum absolute atomic E-state index is 0.141. The number of carbonyl (C=O) groups is 2. The third-order valence-corrected chi connectivity index (χ3v) is 6.45. The summed E-state index contributed by atoms with van der Waals surface area (Å²) in [6.45, 7) is 2.61. The van der Waals surface area contributed by atoms with Crippen molar-refractivity contribution >= 4 is 41.2 Å². The highest BCUT2D eigenvalue weighted by Crippen LogP contribution is 2.23. The number of amides is 2. The van der Waals surface area contributed by atoms with Crippen LogP contribution in [0.3, 0.4) is 0 Å². The van der Waals surface area contributed by atoms with Gasteiger partial charge in [0.25, 0.3) is 23.2 Å². The summed E-state index contributed by atoms with van der Waals surface area (Å²) in [7, 11) is 0. The van der Waals surface area contributed by atoms with Gasteiger partial charge >= 0.3 is 0 Å². The average molecular weight is 566 g/mol. The minimum Gasteiger partial charge on any atom is -0.494 e. The highest BCUT2D eigenvalue weighted by atomic mass is 32.2. The number of nitrogens with zero attached hydrogens (tertiary/aromatic N) is 3. The molecule has 0 unspecified atom stereocenters. The lowest BCUT2D eigenvalue weighted by Crippen LogP contribution is -2.47. The maximum atomic E-state index is 13.0. The molecule has 0 heterocycles. The van der Waals surface area contributed by atoms with E-state index in [9.17, 15) is 29.8 Å². The Morgan fingerprint density at radius 3 is 2.25 bits per heavy atom. The van der Waals surface area contributed by atoms with Crippen molar-refractivity contribution in [1.29, 1.82) is 0 Å². The van der Waals surface area contributed by atoms with Gasteiger partial charge in [-0.3, -0.25) is 29.8 Å². The first-order valence-corrected chi connectivity index (χ1v) is 13.3. The maximum absolute atomic E-state index is 13.0. The summed E-state index contributed by atoms with van der Waals surface area (Å²) in [6, 6.07) is 18.1. The molecule has 2 N–H and O–H groups in total. The molecule has 1 atom stereocenters. The summed E-state index contributed by atoms with van der Waals surface area (Å²) in [5, 5.41) is 28.9. The van der Waals surface area contributed by atoms with Crippen LogP contribution in [0.5, 0.6) is 5.75 Å². The van der Waals surface area contributed by atoms with Crippen LogP contribution in [-0.2, 0) is 10.5 Å². The number of hydrogen-bond acceptors (Lipinski definition) is 9. The minimum atomic E-state index is -1.10. The lowest BCUT2D eigenvalue weighted by Gasteiger charge is -2.17. The van der Waals surface area contributed by atoms with E-state index in [1.54, 1.807) is 24.3 Å². The van der Waals surface area contributed by atoms with E-state index in [-0.39, 0.29) is 11.3 Å². The van der Waals surface area contributed by atoms with E-state index in [0.717, 1.165) is 30.2 Å². The Labute approximate surface area is 234 Å². The lowest BCUT2D eigenvalue weighted by molar-refractivity contribution is -0.394. The first kappa shape index (κ1) is 29.8. The van der Waals surface area contributed by atoms with Gasteiger partial charge in [0, 0.05) is 23.6 Å². The number of thioether (sulfide) groups is 1. The fourth-order valence-electron chi connectivity index (χ4n) is 3.35. The Hall–Kier alpha value is -4.78. The van der Waals surface area contributed by atoms with Crippen molar-refractivity contribution in [3.8, 4) is 5.75 Å². The van der Waals surface area contributed by atoms with Crippen LogP contribution < -0.4 is 15.5 Å². The second kappa shape index (κ2) is 15.0. The van der Waals surface area contributed by atoms with Crippen LogP contribution in [-0.4, -0.2) is 46.3 Å². The largest absolute Gasteiger partial charge is 0.494 e. The molecule has 208 valence electrons. The Balaban J connectivity index is 1.72. The molecule has 3 aromatic carbocycles. The summed E-state index contributed by atoms with van der Waals surface area (Å²) < 4.78 is 5.54. The van der Waals surface area contributed by atoms with Crippen molar-refractivity contribution in [2.45, 2.75) is 25.1 Å². The quantitative estimate of drug-likeness (QED) is 0.164. The molecule has 3 rings (SSSR count). The van der Waals surface area contributed by atoms with Crippen molar-refractivity contribution in [1.82, 2.24) is 10.7 Å².